The van der Waals surface area contributed by atoms with Crippen LogP contribution in [0.5, 0.6) is 0 Å². The number of carbonyl (C=O) groups excluding carboxylic acids is 1. The molecule has 1 heterocycles. The van der Waals surface area contributed by atoms with Gasteiger partial charge >= 0.3 is 5.97 Å². The van der Waals surface area contributed by atoms with E-state index in [1.165, 1.54) is 6.39 Å². The summed E-state index contributed by atoms with van der Waals surface area (Å²) in [5, 5.41) is 11.3. The molecule has 1 unspecified atom stereocenters. The first-order valence-corrected chi connectivity index (χ1v) is 5.88. The van der Waals surface area contributed by atoms with Gasteiger partial charge in [0.25, 0.3) is 0 Å². The predicted molar refractivity (Wildman–Crippen MR) is 67.3 cm³/mol. The Balaban J connectivity index is 1.94. The number of nitrogens with zero attached hydrogens (tertiary/aromatic N) is 1. The Bertz CT molecular complexity index is 605. The van der Waals surface area contributed by atoms with Gasteiger partial charge < -0.3 is 14.8 Å². The van der Waals surface area contributed by atoms with Crippen LogP contribution in [0.25, 0.3) is 11.1 Å². The van der Waals surface area contributed by atoms with E-state index in [9.17, 15) is 9.59 Å². The number of oxazole rings is 1. The molecule has 2 rings (SSSR count). The van der Waals surface area contributed by atoms with Crippen LogP contribution in [0.15, 0.2) is 29.0 Å². The second-order valence-electron chi connectivity index (χ2n) is 4.37. The Kier molecular flexibility index (Phi) is 3.79. The molecular weight excluding hydrogens is 248 g/mol. The van der Waals surface area contributed by atoms with Gasteiger partial charge in [-0.3, -0.25) is 9.59 Å². The van der Waals surface area contributed by atoms with Gasteiger partial charge in [-0.05, 0) is 17.7 Å². The number of aromatic nitrogens is 1. The van der Waals surface area contributed by atoms with Crippen LogP contribution in [-0.2, 0) is 16.1 Å². The summed E-state index contributed by atoms with van der Waals surface area (Å²) >= 11 is 0. The van der Waals surface area contributed by atoms with Crippen molar-refractivity contribution in [3.05, 3.63) is 30.2 Å². The number of aliphatic carboxylic acids is 1. The monoisotopic (exact) mass is 262 g/mol. The van der Waals surface area contributed by atoms with Crippen LogP contribution in [0.4, 0.5) is 0 Å². The van der Waals surface area contributed by atoms with E-state index >= 15 is 0 Å². The number of hydrogen-bond donors (Lipinski definition) is 2. The lowest BCUT2D eigenvalue weighted by Gasteiger charge is -2.09. The van der Waals surface area contributed by atoms with Gasteiger partial charge in [-0.1, -0.05) is 13.0 Å². The van der Waals surface area contributed by atoms with Crippen molar-refractivity contribution in [3.63, 3.8) is 0 Å². The fraction of sp³-hybridized carbons (Fsp3) is 0.308. The van der Waals surface area contributed by atoms with Crippen LogP contribution in [0.3, 0.4) is 0 Å². The normalized spacial score (nSPS) is 12.3. The van der Waals surface area contributed by atoms with Crippen LogP contribution in [-0.4, -0.2) is 22.0 Å². The number of amides is 1. The molecule has 0 radical (unpaired) electrons. The van der Waals surface area contributed by atoms with E-state index in [0.29, 0.717) is 12.1 Å². The first-order chi connectivity index (χ1) is 9.06. The summed E-state index contributed by atoms with van der Waals surface area (Å²) in [5.41, 5.74) is 2.29. The van der Waals surface area contributed by atoms with E-state index in [2.05, 4.69) is 10.3 Å². The van der Waals surface area contributed by atoms with Crippen LogP contribution >= 0.6 is 0 Å². The molecule has 0 saturated heterocycles. The second-order valence-corrected chi connectivity index (χ2v) is 4.37. The van der Waals surface area contributed by atoms with Gasteiger partial charge in [0.2, 0.25) is 5.91 Å². The van der Waals surface area contributed by atoms with Crippen molar-refractivity contribution in [2.24, 2.45) is 5.92 Å². The molecule has 100 valence electrons. The topological polar surface area (TPSA) is 92.4 Å². The van der Waals surface area contributed by atoms with E-state index in [-0.39, 0.29) is 12.3 Å². The number of nitrogens with one attached hydrogen (secondary N) is 1. The maximum Gasteiger partial charge on any atom is 0.304 e. The van der Waals surface area contributed by atoms with Gasteiger partial charge in [0.15, 0.2) is 12.0 Å². The maximum atomic E-state index is 11.7. The summed E-state index contributed by atoms with van der Waals surface area (Å²) < 4.78 is 5.16. The molecule has 0 aliphatic heterocycles. The molecular formula is C13H14N2O4. The van der Waals surface area contributed by atoms with Crippen molar-refractivity contribution in [2.75, 3.05) is 0 Å². The van der Waals surface area contributed by atoms with Gasteiger partial charge in [-0.25, -0.2) is 4.98 Å². The summed E-state index contributed by atoms with van der Waals surface area (Å²) in [7, 11) is 0. The molecule has 0 fully saturated rings. The Hall–Kier alpha value is -2.37. The molecule has 0 spiro atoms. The molecule has 6 heteroatoms. The highest BCUT2D eigenvalue weighted by atomic mass is 16.4. The minimum absolute atomic E-state index is 0.174. The number of carboxylic acid groups (broad SMARTS) is 1. The SMILES string of the molecule is CC(CC(=O)O)C(=O)NCc1ccc2ncoc2c1. The van der Waals surface area contributed by atoms with Crippen LogP contribution < -0.4 is 5.32 Å². The van der Waals surface area contributed by atoms with Crippen molar-refractivity contribution in [1.82, 2.24) is 10.3 Å². The molecule has 1 aromatic heterocycles. The Morgan fingerprint density at radius 3 is 3.00 bits per heavy atom. The smallest absolute Gasteiger partial charge is 0.304 e. The standard InChI is InChI=1S/C13H14N2O4/c1-8(4-12(16)17)13(18)14-6-9-2-3-10-11(5-9)19-7-15-10/h2-3,5,7-8H,4,6H2,1H3,(H,14,18)(H,16,17). The highest BCUT2D eigenvalue weighted by molar-refractivity contribution is 5.82. The fourth-order valence-electron chi connectivity index (χ4n) is 1.73. The molecule has 1 aromatic carbocycles. The molecule has 0 aliphatic rings. The lowest BCUT2D eigenvalue weighted by Crippen LogP contribution is -2.30. The number of fused-ring (bicyclic) bond motifs is 1. The zero-order valence-electron chi connectivity index (χ0n) is 10.4. The lowest BCUT2D eigenvalue weighted by atomic mass is 10.1. The van der Waals surface area contributed by atoms with Crippen molar-refractivity contribution < 1.29 is 19.1 Å². The minimum atomic E-state index is -0.981. The number of hydrogen-bond acceptors (Lipinski definition) is 4. The minimum Gasteiger partial charge on any atom is -0.481 e. The number of carbonyl (C=O) groups is 2. The fourth-order valence-corrected chi connectivity index (χ4v) is 1.73. The third-order valence-electron chi connectivity index (χ3n) is 2.79. The maximum absolute atomic E-state index is 11.7. The van der Waals surface area contributed by atoms with Gasteiger partial charge in [0, 0.05) is 12.5 Å². The zero-order chi connectivity index (χ0) is 13.8. The predicted octanol–water partition coefficient (Wildman–Crippen LogP) is 1.55. The molecule has 0 aliphatic carbocycles. The third kappa shape index (κ3) is 3.31. The number of rotatable bonds is 5. The average Bonchev–Trinajstić information content (AvgIpc) is 2.82. The molecule has 2 N–H and O–H groups in total. The first kappa shape index (κ1) is 13.1. The summed E-state index contributed by atoms with van der Waals surface area (Å²) in [6.45, 7) is 1.92. The van der Waals surface area contributed by atoms with E-state index in [0.717, 1.165) is 11.1 Å². The summed E-state index contributed by atoms with van der Waals surface area (Å²) in [6, 6.07) is 5.44. The highest BCUT2D eigenvalue weighted by Gasteiger charge is 2.15. The van der Waals surface area contributed by atoms with Gasteiger partial charge in [0.05, 0.1) is 6.42 Å². The van der Waals surface area contributed by atoms with Crippen molar-refractivity contribution in [2.45, 2.75) is 19.9 Å². The van der Waals surface area contributed by atoms with Crippen LogP contribution in [0, 0.1) is 5.92 Å². The Morgan fingerprint density at radius 1 is 1.47 bits per heavy atom. The third-order valence-corrected chi connectivity index (χ3v) is 2.79. The average molecular weight is 262 g/mol. The number of carboxylic acids is 1. The van der Waals surface area contributed by atoms with E-state index in [1.54, 1.807) is 19.1 Å². The number of benzene rings is 1. The van der Waals surface area contributed by atoms with Crippen molar-refractivity contribution in [3.8, 4) is 0 Å². The molecule has 0 bridgehead atoms. The molecule has 19 heavy (non-hydrogen) atoms. The summed E-state index contributed by atoms with van der Waals surface area (Å²) in [6.07, 6.45) is 1.19. The molecule has 6 nitrogen and oxygen atoms in total. The van der Waals surface area contributed by atoms with Crippen LogP contribution in [0.1, 0.15) is 18.9 Å². The van der Waals surface area contributed by atoms with Crippen molar-refractivity contribution in [1.29, 1.82) is 0 Å². The van der Waals surface area contributed by atoms with E-state index in [1.807, 2.05) is 6.07 Å². The van der Waals surface area contributed by atoms with E-state index in [4.69, 9.17) is 9.52 Å². The summed E-state index contributed by atoms with van der Waals surface area (Å²) in [4.78, 5) is 26.2. The van der Waals surface area contributed by atoms with Crippen LogP contribution in [0.2, 0.25) is 0 Å². The highest BCUT2D eigenvalue weighted by Crippen LogP contribution is 2.14. The molecule has 0 saturated carbocycles. The van der Waals surface area contributed by atoms with Gasteiger partial charge in [0.1, 0.15) is 5.52 Å². The quantitative estimate of drug-likeness (QED) is 0.852. The molecule has 1 atom stereocenters. The summed E-state index contributed by atoms with van der Waals surface area (Å²) in [5.74, 6) is -1.81. The van der Waals surface area contributed by atoms with Gasteiger partial charge in [-0.15, -0.1) is 0 Å². The van der Waals surface area contributed by atoms with E-state index < -0.39 is 11.9 Å². The zero-order valence-corrected chi connectivity index (χ0v) is 10.4. The Morgan fingerprint density at radius 2 is 2.26 bits per heavy atom. The second kappa shape index (κ2) is 5.51. The lowest BCUT2D eigenvalue weighted by molar-refractivity contribution is -0.140. The largest absolute Gasteiger partial charge is 0.481 e. The Labute approximate surface area is 109 Å². The van der Waals surface area contributed by atoms with Crippen molar-refractivity contribution >= 4 is 23.0 Å². The van der Waals surface area contributed by atoms with Gasteiger partial charge in [-0.2, -0.15) is 0 Å². The first-order valence-electron chi connectivity index (χ1n) is 5.88. The molecule has 1 amide bonds. The molecule has 2 aromatic rings.